The van der Waals surface area contributed by atoms with Crippen molar-refractivity contribution < 1.29 is 4.79 Å². The normalized spacial score (nSPS) is 36.5. The van der Waals surface area contributed by atoms with Gasteiger partial charge in [-0.25, -0.2) is 0 Å². The van der Waals surface area contributed by atoms with E-state index in [0.717, 1.165) is 24.9 Å². The Bertz CT molecular complexity index is 242. The maximum absolute atomic E-state index is 11.7. The van der Waals surface area contributed by atoms with Gasteiger partial charge >= 0.3 is 0 Å². The highest BCUT2D eigenvalue weighted by atomic mass is 16.2. The van der Waals surface area contributed by atoms with E-state index < -0.39 is 0 Å². The number of nitrogens with two attached hydrogens (primary N) is 1. The Labute approximate surface area is 92.0 Å². The first kappa shape index (κ1) is 10.9. The Balaban J connectivity index is 1.86. The predicted octanol–water partition coefficient (Wildman–Crippen LogP) is 1.23. The summed E-state index contributed by atoms with van der Waals surface area (Å²) in [5.41, 5.74) is 5.61. The summed E-state index contributed by atoms with van der Waals surface area (Å²) in [5, 5.41) is 0. The molecule has 2 aliphatic rings. The molecule has 1 heterocycles. The molecule has 0 aromatic carbocycles. The summed E-state index contributed by atoms with van der Waals surface area (Å²) in [4.78, 5) is 13.8. The molecule has 0 radical (unpaired) electrons. The van der Waals surface area contributed by atoms with Crippen molar-refractivity contribution in [1.29, 1.82) is 0 Å². The number of amides is 1. The van der Waals surface area contributed by atoms with Gasteiger partial charge in [0.1, 0.15) is 0 Å². The minimum atomic E-state index is 0.324. The van der Waals surface area contributed by atoms with Gasteiger partial charge in [-0.3, -0.25) is 4.79 Å². The molecule has 0 spiro atoms. The smallest absolute Gasteiger partial charge is 0.222 e. The van der Waals surface area contributed by atoms with Gasteiger partial charge in [-0.2, -0.15) is 0 Å². The monoisotopic (exact) mass is 210 g/mol. The molecule has 0 aromatic heterocycles. The minimum absolute atomic E-state index is 0.324. The van der Waals surface area contributed by atoms with E-state index in [0.29, 0.717) is 24.8 Å². The average molecular weight is 210 g/mol. The summed E-state index contributed by atoms with van der Waals surface area (Å²) >= 11 is 0. The van der Waals surface area contributed by atoms with Crippen molar-refractivity contribution in [2.75, 3.05) is 19.6 Å². The molecule has 1 saturated heterocycles. The number of rotatable bonds is 3. The van der Waals surface area contributed by atoms with Gasteiger partial charge in [0.25, 0.3) is 0 Å². The summed E-state index contributed by atoms with van der Waals surface area (Å²) in [5.74, 6) is 2.28. The molecule has 15 heavy (non-hydrogen) atoms. The fraction of sp³-hybridized carbons (Fsp3) is 0.917. The van der Waals surface area contributed by atoms with Gasteiger partial charge in [0.15, 0.2) is 0 Å². The highest BCUT2D eigenvalue weighted by molar-refractivity contribution is 5.78. The molecular weight excluding hydrogens is 188 g/mol. The third-order valence-corrected chi connectivity index (χ3v) is 4.12. The molecule has 86 valence electrons. The van der Waals surface area contributed by atoms with Crippen LogP contribution in [0.2, 0.25) is 0 Å². The summed E-state index contributed by atoms with van der Waals surface area (Å²) in [6.45, 7) is 4.86. The predicted molar refractivity (Wildman–Crippen MR) is 60.2 cm³/mol. The zero-order valence-corrected chi connectivity index (χ0v) is 9.61. The highest BCUT2D eigenvalue weighted by Crippen LogP contribution is 2.33. The van der Waals surface area contributed by atoms with Gasteiger partial charge in [-0.15, -0.1) is 0 Å². The summed E-state index contributed by atoms with van der Waals surface area (Å²) in [7, 11) is 0. The number of hydrogen-bond donors (Lipinski definition) is 1. The second-order valence-corrected chi connectivity index (χ2v) is 5.27. The lowest BCUT2D eigenvalue weighted by Crippen LogP contribution is -2.32. The Morgan fingerprint density at radius 3 is 2.80 bits per heavy atom. The van der Waals surface area contributed by atoms with Gasteiger partial charge in [0, 0.05) is 19.5 Å². The van der Waals surface area contributed by atoms with Crippen LogP contribution in [0.15, 0.2) is 0 Å². The second-order valence-electron chi connectivity index (χ2n) is 5.27. The van der Waals surface area contributed by atoms with Crippen LogP contribution in [0.4, 0.5) is 0 Å². The van der Waals surface area contributed by atoms with Gasteiger partial charge in [0.2, 0.25) is 5.91 Å². The Morgan fingerprint density at radius 2 is 2.27 bits per heavy atom. The van der Waals surface area contributed by atoms with Gasteiger partial charge in [-0.05, 0) is 30.7 Å². The molecule has 2 N–H and O–H groups in total. The summed E-state index contributed by atoms with van der Waals surface area (Å²) in [6.07, 6.45) is 4.66. The van der Waals surface area contributed by atoms with Crippen molar-refractivity contribution in [3.05, 3.63) is 0 Å². The minimum Gasteiger partial charge on any atom is -0.342 e. The molecular formula is C12H22N2O. The molecule has 3 unspecified atom stereocenters. The largest absolute Gasteiger partial charge is 0.342 e. The molecule has 3 heteroatoms. The van der Waals surface area contributed by atoms with Gasteiger partial charge in [0.05, 0.1) is 0 Å². The van der Waals surface area contributed by atoms with Crippen molar-refractivity contribution in [3.63, 3.8) is 0 Å². The second kappa shape index (κ2) is 4.52. The standard InChI is InChI=1S/C12H22N2O/c1-9-3-2-4-11(9)8-14-7-10(6-13)5-12(14)15/h9-11H,2-8,13H2,1H3. The third-order valence-electron chi connectivity index (χ3n) is 4.12. The molecule has 2 fully saturated rings. The van der Waals surface area contributed by atoms with E-state index >= 15 is 0 Å². The van der Waals surface area contributed by atoms with Crippen LogP contribution in [0.1, 0.15) is 32.6 Å². The van der Waals surface area contributed by atoms with Crippen LogP contribution >= 0.6 is 0 Å². The van der Waals surface area contributed by atoms with E-state index in [-0.39, 0.29) is 0 Å². The third kappa shape index (κ3) is 2.33. The van der Waals surface area contributed by atoms with E-state index in [2.05, 4.69) is 6.92 Å². The van der Waals surface area contributed by atoms with E-state index in [1.807, 2.05) is 4.90 Å². The molecule has 1 aliphatic carbocycles. The quantitative estimate of drug-likeness (QED) is 0.761. The molecule has 1 saturated carbocycles. The first-order chi connectivity index (χ1) is 7.20. The number of likely N-dealkylation sites (tertiary alicyclic amines) is 1. The number of carbonyl (C=O) groups is 1. The van der Waals surface area contributed by atoms with Crippen LogP contribution < -0.4 is 5.73 Å². The fourth-order valence-corrected chi connectivity index (χ4v) is 2.96. The zero-order chi connectivity index (χ0) is 10.8. The van der Waals surface area contributed by atoms with Crippen molar-refractivity contribution in [2.45, 2.75) is 32.6 Å². The number of hydrogen-bond acceptors (Lipinski definition) is 2. The van der Waals surface area contributed by atoms with E-state index in [1.54, 1.807) is 0 Å². The SMILES string of the molecule is CC1CCCC1CN1CC(CN)CC1=O. The Hall–Kier alpha value is -0.570. The lowest BCUT2D eigenvalue weighted by atomic mass is 9.98. The zero-order valence-electron chi connectivity index (χ0n) is 9.61. The van der Waals surface area contributed by atoms with Crippen LogP contribution in [0.3, 0.4) is 0 Å². The van der Waals surface area contributed by atoms with E-state index in [9.17, 15) is 4.79 Å². The molecule has 1 aliphatic heterocycles. The van der Waals surface area contributed by atoms with Crippen molar-refractivity contribution in [3.8, 4) is 0 Å². The van der Waals surface area contributed by atoms with Crippen molar-refractivity contribution >= 4 is 5.91 Å². The first-order valence-electron chi connectivity index (χ1n) is 6.18. The highest BCUT2D eigenvalue weighted by Gasteiger charge is 2.32. The van der Waals surface area contributed by atoms with Crippen LogP contribution in [0.25, 0.3) is 0 Å². The first-order valence-corrected chi connectivity index (χ1v) is 6.18. The molecule has 3 nitrogen and oxygen atoms in total. The van der Waals surface area contributed by atoms with Gasteiger partial charge < -0.3 is 10.6 Å². The molecule has 3 atom stereocenters. The van der Waals surface area contributed by atoms with Crippen LogP contribution in [0, 0.1) is 17.8 Å². The molecule has 0 aromatic rings. The lowest BCUT2D eigenvalue weighted by molar-refractivity contribution is -0.128. The average Bonchev–Trinajstić information content (AvgIpc) is 2.76. The van der Waals surface area contributed by atoms with Gasteiger partial charge in [-0.1, -0.05) is 19.8 Å². The van der Waals surface area contributed by atoms with Crippen molar-refractivity contribution in [2.24, 2.45) is 23.5 Å². The number of carbonyl (C=O) groups excluding carboxylic acids is 1. The number of nitrogens with zero attached hydrogens (tertiary/aromatic N) is 1. The molecule has 0 bridgehead atoms. The Morgan fingerprint density at radius 1 is 1.47 bits per heavy atom. The van der Waals surface area contributed by atoms with Crippen LogP contribution in [-0.2, 0) is 4.79 Å². The lowest BCUT2D eigenvalue weighted by Gasteiger charge is -2.23. The topological polar surface area (TPSA) is 46.3 Å². The van der Waals surface area contributed by atoms with Crippen LogP contribution in [-0.4, -0.2) is 30.4 Å². The molecule has 2 rings (SSSR count). The maximum atomic E-state index is 11.7. The summed E-state index contributed by atoms with van der Waals surface area (Å²) in [6, 6.07) is 0. The van der Waals surface area contributed by atoms with E-state index in [4.69, 9.17) is 5.73 Å². The summed E-state index contributed by atoms with van der Waals surface area (Å²) < 4.78 is 0. The maximum Gasteiger partial charge on any atom is 0.222 e. The van der Waals surface area contributed by atoms with E-state index in [1.165, 1.54) is 19.3 Å². The molecule has 1 amide bonds. The van der Waals surface area contributed by atoms with Crippen LogP contribution in [0.5, 0.6) is 0 Å². The van der Waals surface area contributed by atoms with Crippen molar-refractivity contribution in [1.82, 2.24) is 4.90 Å². The Kier molecular flexibility index (Phi) is 3.29. The fourth-order valence-electron chi connectivity index (χ4n) is 2.96.